The summed E-state index contributed by atoms with van der Waals surface area (Å²) in [6.07, 6.45) is 2.82. The van der Waals surface area contributed by atoms with Gasteiger partial charge in [-0.25, -0.2) is 0 Å². The first kappa shape index (κ1) is 14.1. The fourth-order valence-corrected chi connectivity index (χ4v) is 2.62. The van der Waals surface area contributed by atoms with Crippen molar-refractivity contribution >= 4 is 11.6 Å². The summed E-state index contributed by atoms with van der Waals surface area (Å²) in [5.74, 6) is 1.24. The SMILES string of the molecule is CC(C)c1ccccc1NC(=O)CCC1CCNC1. The number of rotatable bonds is 5. The molecule has 3 heteroatoms. The normalized spacial score (nSPS) is 18.8. The maximum absolute atomic E-state index is 12.0. The predicted octanol–water partition coefficient (Wildman–Crippen LogP) is 3.14. The third kappa shape index (κ3) is 4.06. The number of carbonyl (C=O) groups excluding carboxylic acids is 1. The van der Waals surface area contributed by atoms with E-state index < -0.39 is 0 Å². The monoisotopic (exact) mass is 260 g/mol. The van der Waals surface area contributed by atoms with Crippen molar-refractivity contribution in [3.05, 3.63) is 29.8 Å². The molecule has 1 aromatic carbocycles. The van der Waals surface area contributed by atoms with Crippen LogP contribution in [-0.2, 0) is 4.79 Å². The van der Waals surface area contributed by atoms with E-state index in [0.29, 0.717) is 18.3 Å². The number of nitrogens with one attached hydrogen (secondary N) is 2. The van der Waals surface area contributed by atoms with E-state index in [1.54, 1.807) is 0 Å². The molecule has 1 fully saturated rings. The van der Waals surface area contributed by atoms with E-state index in [9.17, 15) is 4.79 Å². The summed E-state index contributed by atoms with van der Waals surface area (Å²) in [4.78, 5) is 12.0. The number of hydrogen-bond donors (Lipinski definition) is 2. The Labute approximate surface area is 115 Å². The van der Waals surface area contributed by atoms with Crippen LogP contribution in [0.5, 0.6) is 0 Å². The first-order chi connectivity index (χ1) is 9.16. The highest BCUT2D eigenvalue weighted by atomic mass is 16.1. The van der Waals surface area contributed by atoms with Gasteiger partial charge in [-0.05, 0) is 49.4 Å². The van der Waals surface area contributed by atoms with Crippen molar-refractivity contribution < 1.29 is 4.79 Å². The van der Waals surface area contributed by atoms with Crippen molar-refractivity contribution in [1.82, 2.24) is 5.32 Å². The second-order valence-electron chi connectivity index (χ2n) is 5.69. The molecule has 0 saturated carbocycles. The van der Waals surface area contributed by atoms with Crippen LogP contribution in [0.3, 0.4) is 0 Å². The van der Waals surface area contributed by atoms with Gasteiger partial charge in [0.25, 0.3) is 0 Å². The van der Waals surface area contributed by atoms with Crippen molar-refractivity contribution in [2.24, 2.45) is 5.92 Å². The smallest absolute Gasteiger partial charge is 0.224 e. The second-order valence-corrected chi connectivity index (χ2v) is 5.69. The van der Waals surface area contributed by atoms with Crippen LogP contribution in [0.2, 0.25) is 0 Å². The fourth-order valence-electron chi connectivity index (χ4n) is 2.62. The maximum atomic E-state index is 12.0. The van der Waals surface area contributed by atoms with Crippen LogP contribution >= 0.6 is 0 Å². The number of carbonyl (C=O) groups is 1. The Balaban J connectivity index is 1.87. The van der Waals surface area contributed by atoms with E-state index in [0.717, 1.165) is 25.2 Å². The molecule has 0 radical (unpaired) electrons. The molecule has 1 aromatic rings. The summed E-state index contributed by atoms with van der Waals surface area (Å²) in [7, 11) is 0. The predicted molar refractivity (Wildman–Crippen MR) is 79.4 cm³/mol. The van der Waals surface area contributed by atoms with E-state index in [2.05, 4.69) is 30.5 Å². The molecule has 1 amide bonds. The van der Waals surface area contributed by atoms with Crippen molar-refractivity contribution in [1.29, 1.82) is 0 Å². The molecule has 0 aromatic heterocycles. The van der Waals surface area contributed by atoms with E-state index in [4.69, 9.17) is 0 Å². The molecule has 1 saturated heterocycles. The molecule has 0 aliphatic carbocycles. The lowest BCUT2D eigenvalue weighted by molar-refractivity contribution is -0.116. The number of amides is 1. The lowest BCUT2D eigenvalue weighted by atomic mass is 10.0. The van der Waals surface area contributed by atoms with Crippen molar-refractivity contribution in [2.45, 2.75) is 39.0 Å². The molecule has 0 spiro atoms. The van der Waals surface area contributed by atoms with Gasteiger partial charge in [0.2, 0.25) is 5.91 Å². The van der Waals surface area contributed by atoms with Crippen molar-refractivity contribution in [2.75, 3.05) is 18.4 Å². The van der Waals surface area contributed by atoms with Crippen LogP contribution in [0.4, 0.5) is 5.69 Å². The van der Waals surface area contributed by atoms with E-state index in [1.807, 2.05) is 18.2 Å². The summed E-state index contributed by atoms with van der Waals surface area (Å²) in [6.45, 7) is 6.46. The highest BCUT2D eigenvalue weighted by Gasteiger charge is 2.16. The molecule has 1 aliphatic rings. The summed E-state index contributed by atoms with van der Waals surface area (Å²) < 4.78 is 0. The highest BCUT2D eigenvalue weighted by molar-refractivity contribution is 5.91. The average molecular weight is 260 g/mol. The summed E-state index contributed by atoms with van der Waals surface area (Å²) in [5, 5.41) is 6.39. The molecule has 1 heterocycles. The number of para-hydroxylation sites is 1. The van der Waals surface area contributed by atoms with Gasteiger partial charge in [0, 0.05) is 12.1 Å². The topological polar surface area (TPSA) is 41.1 Å². The van der Waals surface area contributed by atoms with E-state index >= 15 is 0 Å². The molecule has 0 bridgehead atoms. The van der Waals surface area contributed by atoms with E-state index in [1.165, 1.54) is 12.0 Å². The van der Waals surface area contributed by atoms with Crippen LogP contribution in [0.15, 0.2) is 24.3 Å². The number of anilines is 1. The molecule has 1 aliphatic heterocycles. The zero-order valence-corrected chi connectivity index (χ0v) is 11.9. The van der Waals surface area contributed by atoms with Crippen LogP contribution in [0.1, 0.15) is 44.6 Å². The van der Waals surface area contributed by atoms with Crippen molar-refractivity contribution in [3.8, 4) is 0 Å². The Kier molecular flexibility index (Phi) is 4.97. The largest absolute Gasteiger partial charge is 0.326 e. The number of benzene rings is 1. The zero-order chi connectivity index (χ0) is 13.7. The lowest BCUT2D eigenvalue weighted by Gasteiger charge is -2.14. The Morgan fingerprint density at radius 1 is 1.42 bits per heavy atom. The standard InChI is InChI=1S/C16H24N2O/c1-12(2)14-5-3-4-6-15(14)18-16(19)8-7-13-9-10-17-11-13/h3-6,12-13,17H,7-11H2,1-2H3,(H,18,19). The fraction of sp³-hybridized carbons (Fsp3) is 0.562. The van der Waals surface area contributed by atoms with Gasteiger partial charge in [0.1, 0.15) is 0 Å². The lowest BCUT2D eigenvalue weighted by Crippen LogP contribution is -2.16. The van der Waals surface area contributed by atoms with Gasteiger partial charge in [0.15, 0.2) is 0 Å². The average Bonchev–Trinajstić information content (AvgIpc) is 2.90. The molecule has 104 valence electrons. The zero-order valence-electron chi connectivity index (χ0n) is 11.9. The Bertz CT molecular complexity index is 423. The van der Waals surface area contributed by atoms with Crippen LogP contribution in [-0.4, -0.2) is 19.0 Å². The van der Waals surface area contributed by atoms with Gasteiger partial charge < -0.3 is 10.6 Å². The molecule has 2 N–H and O–H groups in total. The Hall–Kier alpha value is -1.35. The molecule has 3 nitrogen and oxygen atoms in total. The van der Waals surface area contributed by atoms with Crippen LogP contribution in [0, 0.1) is 5.92 Å². The van der Waals surface area contributed by atoms with Gasteiger partial charge in [-0.2, -0.15) is 0 Å². The summed E-state index contributed by atoms with van der Waals surface area (Å²) >= 11 is 0. The molecular formula is C16H24N2O. The molecule has 2 rings (SSSR count). The van der Waals surface area contributed by atoms with Crippen LogP contribution < -0.4 is 10.6 Å². The Morgan fingerprint density at radius 2 is 2.21 bits per heavy atom. The van der Waals surface area contributed by atoms with Gasteiger partial charge in [0.05, 0.1) is 0 Å². The van der Waals surface area contributed by atoms with Crippen LogP contribution in [0.25, 0.3) is 0 Å². The first-order valence-corrected chi connectivity index (χ1v) is 7.26. The minimum absolute atomic E-state index is 0.139. The third-order valence-corrected chi connectivity index (χ3v) is 3.80. The molecule has 1 atom stereocenters. The third-order valence-electron chi connectivity index (χ3n) is 3.80. The summed E-state index contributed by atoms with van der Waals surface area (Å²) in [6, 6.07) is 8.07. The minimum Gasteiger partial charge on any atom is -0.326 e. The van der Waals surface area contributed by atoms with Gasteiger partial charge in [-0.3, -0.25) is 4.79 Å². The quantitative estimate of drug-likeness (QED) is 0.854. The maximum Gasteiger partial charge on any atom is 0.224 e. The van der Waals surface area contributed by atoms with Gasteiger partial charge in [-0.1, -0.05) is 32.0 Å². The Morgan fingerprint density at radius 3 is 2.89 bits per heavy atom. The molecule has 19 heavy (non-hydrogen) atoms. The van der Waals surface area contributed by atoms with E-state index in [-0.39, 0.29) is 5.91 Å². The molecule has 1 unspecified atom stereocenters. The summed E-state index contributed by atoms with van der Waals surface area (Å²) in [5.41, 5.74) is 2.17. The highest BCUT2D eigenvalue weighted by Crippen LogP contribution is 2.24. The molecular weight excluding hydrogens is 236 g/mol. The second kappa shape index (κ2) is 6.71. The minimum atomic E-state index is 0.139. The first-order valence-electron chi connectivity index (χ1n) is 7.26. The van der Waals surface area contributed by atoms with Gasteiger partial charge in [-0.15, -0.1) is 0 Å². The van der Waals surface area contributed by atoms with Gasteiger partial charge >= 0.3 is 0 Å². The number of hydrogen-bond acceptors (Lipinski definition) is 2. The van der Waals surface area contributed by atoms with Crippen molar-refractivity contribution in [3.63, 3.8) is 0 Å².